The fourth-order valence-electron chi connectivity index (χ4n) is 2.01. The second-order valence-electron chi connectivity index (χ2n) is 4.01. The van der Waals surface area contributed by atoms with Crippen LogP contribution in [0.4, 0.5) is 0 Å². The molecule has 0 aliphatic heterocycles. The average Bonchev–Trinajstić information content (AvgIpc) is 2.58. The number of hydrogen-bond acceptors (Lipinski definition) is 2. The van der Waals surface area contributed by atoms with Gasteiger partial charge in [-0.05, 0) is 26.1 Å². The van der Waals surface area contributed by atoms with Crippen LogP contribution in [-0.2, 0) is 4.74 Å². The number of hydrogen-bond donors (Lipinski definition) is 0. The van der Waals surface area contributed by atoms with Gasteiger partial charge in [0.05, 0.1) is 6.10 Å². The van der Waals surface area contributed by atoms with Crippen LogP contribution in [0.15, 0.2) is 30.3 Å². The molecule has 1 rings (SSSR count). The van der Waals surface area contributed by atoms with E-state index in [0.29, 0.717) is 6.04 Å². The van der Waals surface area contributed by atoms with E-state index in [-0.39, 0.29) is 6.10 Å². The molecular formula is C19H39NO. The maximum atomic E-state index is 5.61. The Kier molecular flexibility index (Phi) is 22.9. The summed E-state index contributed by atoms with van der Waals surface area (Å²) in [6, 6.07) is 10.8. The highest BCUT2D eigenvalue weighted by Gasteiger charge is 2.22. The number of nitrogens with zero attached hydrogens (tertiary/aromatic N) is 1. The Morgan fingerprint density at radius 2 is 1.33 bits per heavy atom. The molecule has 2 atom stereocenters. The summed E-state index contributed by atoms with van der Waals surface area (Å²) in [5, 5.41) is 0. The smallest absolute Gasteiger partial charge is 0.0975 e. The molecule has 0 N–H and O–H groups in total. The first-order valence-corrected chi connectivity index (χ1v) is 8.44. The first kappa shape index (κ1) is 25.1. The van der Waals surface area contributed by atoms with Crippen molar-refractivity contribution in [2.45, 2.75) is 67.0 Å². The van der Waals surface area contributed by atoms with Crippen LogP contribution < -0.4 is 0 Å². The van der Waals surface area contributed by atoms with Gasteiger partial charge in [0, 0.05) is 13.2 Å². The van der Waals surface area contributed by atoms with Crippen LogP contribution in [0, 0.1) is 0 Å². The molecule has 1 aromatic rings. The van der Waals surface area contributed by atoms with E-state index in [2.05, 4.69) is 50.2 Å². The van der Waals surface area contributed by atoms with Gasteiger partial charge in [-0.1, -0.05) is 78.8 Å². The minimum absolute atomic E-state index is 0.159. The van der Waals surface area contributed by atoms with E-state index >= 15 is 0 Å². The Balaban J connectivity index is -0.000000478. The summed E-state index contributed by atoms with van der Waals surface area (Å²) in [5.41, 5.74) is 1.25. The summed E-state index contributed by atoms with van der Waals surface area (Å²) >= 11 is 0. The topological polar surface area (TPSA) is 12.5 Å². The van der Waals surface area contributed by atoms with Crippen LogP contribution >= 0.6 is 0 Å². The summed E-state index contributed by atoms with van der Waals surface area (Å²) < 4.78 is 5.61. The molecule has 2 heteroatoms. The minimum Gasteiger partial charge on any atom is -0.375 e. The van der Waals surface area contributed by atoms with Crippen molar-refractivity contribution in [2.24, 2.45) is 0 Å². The molecule has 126 valence electrons. The molecule has 0 saturated carbocycles. The molecule has 2 unspecified atom stereocenters. The number of likely N-dealkylation sites (N-methyl/N-ethyl adjacent to an activating group) is 1. The number of methoxy groups -OCH3 is 1. The predicted octanol–water partition coefficient (Wildman–Crippen LogP) is 5.79. The highest BCUT2D eigenvalue weighted by Crippen LogP contribution is 2.24. The second kappa shape index (κ2) is 19.1. The van der Waals surface area contributed by atoms with Gasteiger partial charge in [-0.3, -0.25) is 0 Å². The lowest BCUT2D eigenvalue weighted by molar-refractivity contribution is 0.0295. The monoisotopic (exact) mass is 297 g/mol. The Labute approximate surface area is 134 Å². The maximum Gasteiger partial charge on any atom is 0.0975 e. The quantitative estimate of drug-likeness (QED) is 0.681. The number of ether oxygens (including phenoxy) is 1. The third kappa shape index (κ3) is 10.5. The van der Waals surface area contributed by atoms with E-state index in [1.165, 1.54) is 5.56 Å². The summed E-state index contributed by atoms with van der Waals surface area (Å²) in [7, 11) is 5.98. The highest BCUT2D eigenvalue weighted by molar-refractivity contribution is 5.19. The first-order chi connectivity index (χ1) is 10.2. The molecule has 0 fully saturated rings. The van der Waals surface area contributed by atoms with Gasteiger partial charge in [0.1, 0.15) is 0 Å². The molecule has 0 aromatic heterocycles. The summed E-state index contributed by atoms with van der Waals surface area (Å²) in [6.45, 7) is 14.2. The molecule has 0 saturated heterocycles. The zero-order valence-corrected chi connectivity index (χ0v) is 16.1. The molecule has 0 amide bonds. The molecule has 2 nitrogen and oxygen atoms in total. The van der Waals surface area contributed by atoms with E-state index in [1.807, 2.05) is 47.6 Å². The number of benzene rings is 1. The van der Waals surface area contributed by atoms with Crippen molar-refractivity contribution in [3.63, 3.8) is 0 Å². The third-order valence-corrected chi connectivity index (χ3v) is 2.81. The van der Waals surface area contributed by atoms with Gasteiger partial charge in [0.15, 0.2) is 0 Å². The van der Waals surface area contributed by atoms with Crippen molar-refractivity contribution >= 4 is 0 Å². The lowest BCUT2D eigenvalue weighted by Crippen LogP contribution is -2.34. The van der Waals surface area contributed by atoms with Crippen molar-refractivity contribution in [1.29, 1.82) is 0 Å². The van der Waals surface area contributed by atoms with E-state index in [1.54, 1.807) is 7.11 Å². The average molecular weight is 298 g/mol. The molecule has 0 radical (unpaired) electrons. The van der Waals surface area contributed by atoms with Crippen molar-refractivity contribution in [3.8, 4) is 0 Å². The predicted molar refractivity (Wildman–Crippen MR) is 98.0 cm³/mol. The van der Waals surface area contributed by atoms with E-state index in [0.717, 1.165) is 6.42 Å². The molecular weight excluding hydrogens is 258 g/mol. The molecule has 0 bridgehead atoms. The van der Waals surface area contributed by atoms with E-state index in [9.17, 15) is 0 Å². The van der Waals surface area contributed by atoms with Crippen LogP contribution in [0.5, 0.6) is 0 Å². The van der Waals surface area contributed by atoms with Crippen molar-refractivity contribution < 1.29 is 4.74 Å². The summed E-state index contributed by atoms with van der Waals surface area (Å²) in [6.07, 6.45) is 1.24. The zero-order valence-electron chi connectivity index (χ0n) is 16.1. The SMILES string of the molecule is CC.CC.CC.CCC(C(OC)c1ccccc1)N(C)C. The van der Waals surface area contributed by atoms with Gasteiger partial charge in [-0.15, -0.1) is 0 Å². The fraction of sp³-hybridized carbons (Fsp3) is 0.684. The van der Waals surface area contributed by atoms with E-state index < -0.39 is 0 Å². The van der Waals surface area contributed by atoms with Gasteiger partial charge in [0.2, 0.25) is 0 Å². The molecule has 0 aliphatic rings. The standard InChI is InChI=1S/C13H21NO.3C2H6/c1-5-12(14(2)3)13(15-4)11-9-7-6-8-10-11;3*1-2/h6-10,12-13H,5H2,1-4H3;3*1-2H3. The summed E-state index contributed by atoms with van der Waals surface area (Å²) in [4.78, 5) is 2.22. The second-order valence-corrected chi connectivity index (χ2v) is 4.01. The van der Waals surface area contributed by atoms with Gasteiger partial charge in [0.25, 0.3) is 0 Å². The normalized spacial score (nSPS) is 11.8. The van der Waals surface area contributed by atoms with Gasteiger partial charge in [-0.2, -0.15) is 0 Å². The van der Waals surface area contributed by atoms with Crippen molar-refractivity contribution in [2.75, 3.05) is 21.2 Å². The molecule has 21 heavy (non-hydrogen) atoms. The Morgan fingerprint density at radius 1 is 0.905 bits per heavy atom. The Bertz CT molecular complexity index is 272. The van der Waals surface area contributed by atoms with Crippen LogP contribution in [0.2, 0.25) is 0 Å². The maximum absolute atomic E-state index is 5.61. The molecule has 1 aromatic carbocycles. The largest absolute Gasteiger partial charge is 0.375 e. The van der Waals surface area contributed by atoms with Gasteiger partial charge in [-0.25, -0.2) is 0 Å². The summed E-state index contributed by atoms with van der Waals surface area (Å²) in [5.74, 6) is 0. The zero-order chi connectivity index (χ0) is 17.3. The van der Waals surface area contributed by atoms with E-state index in [4.69, 9.17) is 4.74 Å². The van der Waals surface area contributed by atoms with Crippen molar-refractivity contribution in [3.05, 3.63) is 35.9 Å². The molecule has 0 aliphatic carbocycles. The van der Waals surface area contributed by atoms with Crippen LogP contribution in [0.1, 0.15) is 66.6 Å². The Morgan fingerprint density at radius 3 is 1.62 bits per heavy atom. The Hall–Kier alpha value is -0.860. The third-order valence-electron chi connectivity index (χ3n) is 2.81. The molecule has 0 spiro atoms. The van der Waals surface area contributed by atoms with Crippen LogP contribution in [0.3, 0.4) is 0 Å². The highest BCUT2D eigenvalue weighted by atomic mass is 16.5. The first-order valence-electron chi connectivity index (χ1n) is 8.44. The van der Waals surface area contributed by atoms with Gasteiger partial charge < -0.3 is 9.64 Å². The van der Waals surface area contributed by atoms with Gasteiger partial charge >= 0.3 is 0 Å². The van der Waals surface area contributed by atoms with Crippen molar-refractivity contribution in [1.82, 2.24) is 4.90 Å². The lowest BCUT2D eigenvalue weighted by atomic mass is 9.99. The van der Waals surface area contributed by atoms with Crippen LogP contribution in [0.25, 0.3) is 0 Å². The number of rotatable bonds is 5. The minimum atomic E-state index is 0.159. The fourth-order valence-corrected chi connectivity index (χ4v) is 2.01. The van der Waals surface area contributed by atoms with Crippen LogP contribution in [-0.4, -0.2) is 32.1 Å². The molecule has 0 heterocycles. The lowest BCUT2D eigenvalue weighted by Gasteiger charge is -2.30.